The Bertz CT molecular complexity index is 869. The highest BCUT2D eigenvalue weighted by Crippen LogP contribution is 2.23. The number of guanidine groups is 1. The van der Waals surface area contributed by atoms with Gasteiger partial charge in [0, 0.05) is 5.56 Å². The molecule has 3 aromatic rings. The van der Waals surface area contributed by atoms with Crippen molar-refractivity contribution in [1.29, 1.82) is 0 Å². The summed E-state index contributed by atoms with van der Waals surface area (Å²) in [5.74, 6) is 1.55. The maximum absolute atomic E-state index is 5.94. The number of nitrogens with two attached hydrogens (primary N) is 1. The van der Waals surface area contributed by atoms with E-state index in [1.165, 1.54) is 5.56 Å². The van der Waals surface area contributed by atoms with Crippen molar-refractivity contribution in [2.75, 3.05) is 12.4 Å². The monoisotopic (exact) mass is 336 g/mol. The second-order valence-corrected chi connectivity index (χ2v) is 5.54. The first-order chi connectivity index (χ1) is 12.2. The zero-order chi connectivity index (χ0) is 17.6. The molecule has 0 aliphatic heterocycles. The molecule has 0 radical (unpaired) electrons. The number of hydrogen-bond acceptors (Lipinski definition) is 4. The number of aliphatic imine (C=N–C) groups is 1. The molecule has 0 atom stereocenters. The van der Waals surface area contributed by atoms with Crippen molar-refractivity contribution in [3.63, 3.8) is 0 Å². The van der Waals surface area contributed by atoms with Gasteiger partial charge in [0.1, 0.15) is 17.7 Å². The predicted molar refractivity (Wildman–Crippen MR) is 98.6 cm³/mol. The second-order valence-electron chi connectivity index (χ2n) is 5.54. The van der Waals surface area contributed by atoms with Gasteiger partial charge < -0.3 is 20.2 Å². The van der Waals surface area contributed by atoms with E-state index in [0.29, 0.717) is 23.9 Å². The molecule has 1 heterocycles. The second kappa shape index (κ2) is 7.53. The van der Waals surface area contributed by atoms with E-state index < -0.39 is 0 Å². The van der Waals surface area contributed by atoms with Gasteiger partial charge in [-0.05, 0) is 31.2 Å². The van der Waals surface area contributed by atoms with Crippen LogP contribution < -0.4 is 15.8 Å². The van der Waals surface area contributed by atoms with E-state index in [1.807, 2.05) is 55.5 Å². The van der Waals surface area contributed by atoms with Crippen LogP contribution in [0.1, 0.15) is 11.3 Å². The van der Waals surface area contributed by atoms with Crippen LogP contribution in [0.3, 0.4) is 0 Å². The van der Waals surface area contributed by atoms with Gasteiger partial charge in [-0.25, -0.2) is 9.98 Å². The van der Waals surface area contributed by atoms with Gasteiger partial charge in [0.25, 0.3) is 0 Å². The third-order valence-electron chi connectivity index (χ3n) is 3.63. The fraction of sp³-hybridized carbons (Fsp3) is 0.158. The lowest BCUT2D eigenvalue weighted by Gasteiger charge is -2.09. The summed E-state index contributed by atoms with van der Waals surface area (Å²) in [4.78, 5) is 8.73. The van der Waals surface area contributed by atoms with Gasteiger partial charge in [0.05, 0.1) is 19.3 Å². The standard InChI is InChI=1S/C19H20N4O2/c1-13-7-9-14(10-8-13)18-22-15(12-25-18)11-21-19(20)23-16-5-3-4-6-17(16)24-2/h3-10,12H,11H2,1-2H3,(H3,20,21,23). The number of hydrogen-bond donors (Lipinski definition) is 2. The number of aromatic nitrogens is 1. The molecule has 0 saturated heterocycles. The van der Waals surface area contributed by atoms with Crippen LogP contribution in [0.4, 0.5) is 5.69 Å². The van der Waals surface area contributed by atoms with Crippen molar-refractivity contribution >= 4 is 11.6 Å². The summed E-state index contributed by atoms with van der Waals surface area (Å²) in [6.45, 7) is 2.36. The lowest BCUT2D eigenvalue weighted by molar-refractivity contribution is 0.417. The summed E-state index contributed by atoms with van der Waals surface area (Å²) in [5.41, 5.74) is 9.52. The van der Waals surface area contributed by atoms with Crippen molar-refractivity contribution < 1.29 is 9.15 Å². The fourth-order valence-corrected chi connectivity index (χ4v) is 2.30. The van der Waals surface area contributed by atoms with Crippen LogP contribution in [-0.4, -0.2) is 18.1 Å². The molecule has 0 saturated carbocycles. The highest BCUT2D eigenvalue weighted by atomic mass is 16.5. The van der Waals surface area contributed by atoms with Crippen molar-refractivity contribution in [1.82, 2.24) is 4.98 Å². The minimum Gasteiger partial charge on any atom is -0.495 e. The molecule has 3 N–H and O–H groups in total. The minimum atomic E-state index is 0.282. The van der Waals surface area contributed by atoms with E-state index >= 15 is 0 Å². The molecule has 6 heteroatoms. The molecule has 6 nitrogen and oxygen atoms in total. The molecule has 0 amide bonds. The SMILES string of the molecule is COc1ccccc1NC(N)=NCc1coc(-c2ccc(C)cc2)n1. The molecule has 0 fully saturated rings. The molecule has 128 valence electrons. The van der Waals surface area contributed by atoms with E-state index in [9.17, 15) is 0 Å². The van der Waals surface area contributed by atoms with Crippen LogP contribution in [-0.2, 0) is 6.54 Å². The maximum Gasteiger partial charge on any atom is 0.226 e. The summed E-state index contributed by atoms with van der Waals surface area (Å²) in [6, 6.07) is 15.5. The number of rotatable bonds is 5. The number of oxazole rings is 1. The normalized spacial score (nSPS) is 11.4. The molecule has 0 aliphatic carbocycles. The van der Waals surface area contributed by atoms with E-state index in [2.05, 4.69) is 15.3 Å². The average Bonchev–Trinajstić information content (AvgIpc) is 3.10. The minimum absolute atomic E-state index is 0.282. The molecular weight excluding hydrogens is 316 g/mol. The number of aryl methyl sites for hydroxylation is 1. The first-order valence-electron chi connectivity index (χ1n) is 7.87. The van der Waals surface area contributed by atoms with E-state index in [0.717, 1.165) is 11.3 Å². The Kier molecular flexibility index (Phi) is 4.99. The molecule has 0 unspecified atom stereocenters. The third-order valence-corrected chi connectivity index (χ3v) is 3.63. The van der Waals surface area contributed by atoms with Gasteiger partial charge in [-0.2, -0.15) is 0 Å². The Balaban J connectivity index is 1.66. The molecule has 1 aromatic heterocycles. The largest absolute Gasteiger partial charge is 0.495 e. The Morgan fingerprint density at radius 2 is 1.96 bits per heavy atom. The van der Waals surface area contributed by atoms with Crippen molar-refractivity contribution in [2.45, 2.75) is 13.5 Å². The van der Waals surface area contributed by atoms with Crippen LogP contribution >= 0.6 is 0 Å². The summed E-state index contributed by atoms with van der Waals surface area (Å²) < 4.78 is 10.8. The van der Waals surface area contributed by atoms with Crippen molar-refractivity contribution in [3.05, 3.63) is 66.1 Å². The number of nitrogens with zero attached hydrogens (tertiary/aromatic N) is 2. The summed E-state index contributed by atoms with van der Waals surface area (Å²) in [6.07, 6.45) is 1.59. The highest BCUT2D eigenvalue weighted by molar-refractivity contribution is 5.93. The van der Waals surface area contributed by atoms with Gasteiger partial charge in [0.2, 0.25) is 5.89 Å². The van der Waals surface area contributed by atoms with Gasteiger partial charge >= 0.3 is 0 Å². The van der Waals surface area contributed by atoms with Crippen molar-refractivity contribution in [3.8, 4) is 17.2 Å². The third kappa shape index (κ3) is 4.17. The predicted octanol–water partition coefficient (Wildman–Crippen LogP) is 3.59. The average molecular weight is 336 g/mol. The zero-order valence-electron chi connectivity index (χ0n) is 14.2. The summed E-state index contributed by atoms with van der Waals surface area (Å²) in [7, 11) is 1.61. The van der Waals surface area contributed by atoms with Gasteiger partial charge in [-0.3, -0.25) is 0 Å². The Morgan fingerprint density at radius 3 is 2.72 bits per heavy atom. The van der Waals surface area contributed by atoms with Crippen LogP contribution in [0, 0.1) is 6.92 Å². The van der Waals surface area contributed by atoms with E-state index in [1.54, 1.807) is 13.4 Å². The maximum atomic E-state index is 5.94. The molecule has 25 heavy (non-hydrogen) atoms. The van der Waals surface area contributed by atoms with Crippen LogP contribution in [0.25, 0.3) is 11.5 Å². The Labute approximate surface area is 146 Å². The first kappa shape index (κ1) is 16.6. The quantitative estimate of drug-likeness (QED) is 0.549. The first-order valence-corrected chi connectivity index (χ1v) is 7.87. The number of anilines is 1. The van der Waals surface area contributed by atoms with Gasteiger partial charge in [-0.1, -0.05) is 29.8 Å². The number of benzene rings is 2. The van der Waals surface area contributed by atoms with E-state index in [-0.39, 0.29) is 5.96 Å². The van der Waals surface area contributed by atoms with Crippen LogP contribution in [0.2, 0.25) is 0 Å². The molecular formula is C19H20N4O2. The van der Waals surface area contributed by atoms with Gasteiger partial charge in [-0.15, -0.1) is 0 Å². The van der Waals surface area contributed by atoms with Gasteiger partial charge in [0.15, 0.2) is 5.96 Å². The number of ether oxygens (including phenoxy) is 1. The Hall–Kier alpha value is -3.28. The van der Waals surface area contributed by atoms with Crippen LogP contribution in [0.15, 0.2) is 64.2 Å². The molecule has 0 bridgehead atoms. The number of para-hydroxylation sites is 2. The smallest absolute Gasteiger partial charge is 0.226 e. The number of nitrogens with one attached hydrogen (secondary N) is 1. The molecule has 2 aromatic carbocycles. The number of methoxy groups -OCH3 is 1. The summed E-state index contributed by atoms with van der Waals surface area (Å²) in [5, 5.41) is 3.02. The Morgan fingerprint density at radius 1 is 1.20 bits per heavy atom. The highest BCUT2D eigenvalue weighted by Gasteiger charge is 2.07. The van der Waals surface area contributed by atoms with Crippen molar-refractivity contribution in [2.24, 2.45) is 10.7 Å². The lowest BCUT2D eigenvalue weighted by atomic mass is 10.1. The van der Waals surface area contributed by atoms with Crippen LogP contribution in [0.5, 0.6) is 5.75 Å². The van der Waals surface area contributed by atoms with E-state index in [4.69, 9.17) is 14.9 Å². The lowest BCUT2D eigenvalue weighted by Crippen LogP contribution is -2.22. The molecule has 3 rings (SSSR count). The topological polar surface area (TPSA) is 85.7 Å². The fourth-order valence-electron chi connectivity index (χ4n) is 2.30. The zero-order valence-corrected chi connectivity index (χ0v) is 14.2. The molecule has 0 spiro atoms. The molecule has 0 aliphatic rings. The summed E-state index contributed by atoms with van der Waals surface area (Å²) >= 11 is 0.